The molecule has 0 bridgehead atoms. The fourth-order valence-corrected chi connectivity index (χ4v) is 1.43. The molecule has 1 radical (unpaired) electrons. The van der Waals surface area contributed by atoms with Gasteiger partial charge in [-0.05, 0) is 11.6 Å². The van der Waals surface area contributed by atoms with Crippen LogP contribution in [0.1, 0.15) is 12.5 Å². The van der Waals surface area contributed by atoms with Crippen LogP contribution in [0.4, 0.5) is 8.78 Å². The van der Waals surface area contributed by atoms with E-state index in [1.165, 1.54) is 6.07 Å². The number of alkyl halides is 2. The molecule has 15 heavy (non-hydrogen) atoms. The molecule has 0 aromatic heterocycles. The van der Waals surface area contributed by atoms with Gasteiger partial charge in [0, 0.05) is 5.92 Å². The Hall–Kier alpha value is -1.09. The van der Waals surface area contributed by atoms with Crippen LogP contribution in [0.3, 0.4) is 0 Å². The maximum absolute atomic E-state index is 12.0. The lowest BCUT2D eigenvalue weighted by atomic mass is 10.0. The third-order valence-electron chi connectivity index (χ3n) is 1.91. The molecule has 81 valence electrons. The van der Waals surface area contributed by atoms with Crippen molar-refractivity contribution in [2.24, 2.45) is 0 Å². The Morgan fingerprint density at radius 1 is 1.53 bits per heavy atom. The minimum atomic E-state index is -2.87. The van der Waals surface area contributed by atoms with Crippen molar-refractivity contribution in [3.63, 3.8) is 0 Å². The number of ether oxygens (including phenoxy) is 1. The summed E-state index contributed by atoms with van der Waals surface area (Å²) in [5, 5.41) is 0.176. The molecular weight excluding hydrogens is 222 g/mol. The van der Waals surface area contributed by atoms with Gasteiger partial charge in [-0.25, -0.2) is 0 Å². The van der Waals surface area contributed by atoms with Crippen molar-refractivity contribution in [1.29, 1.82) is 0 Å². The normalized spacial score (nSPS) is 10.8. The smallest absolute Gasteiger partial charge is 0.387 e. The summed E-state index contributed by atoms with van der Waals surface area (Å²) >= 11 is 5.90. The quantitative estimate of drug-likeness (QED) is 0.759. The highest BCUT2D eigenvalue weighted by molar-refractivity contribution is 6.33. The molecular formula is C11H10ClF2O. The highest BCUT2D eigenvalue weighted by Crippen LogP contribution is 2.33. The predicted octanol–water partition coefficient (Wildman–Crippen LogP) is 4.07. The summed E-state index contributed by atoms with van der Waals surface area (Å²) in [5.41, 5.74) is 0.643. The molecule has 0 N–H and O–H groups in total. The second kappa shape index (κ2) is 5.12. The molecule has 0 unspecified atom stereocenters. The first-order valence-corrected chi connectivity index (χ1v) is 4.63. The topological polar surface area (TPSA) is 9.23 Å². The summed E-state index contributed by atoms with van der Waals surface area (Å²) in [4.78, 5) is 0. The summed E-state index contributed by atoms with van der Waals surface area (Å²) in [6.45, 7) is 2.50. The van der Waals surface area contributed by atoms with Gasteiger partial charge in [0.1, 0.15) is 5.75 Å². The first-order valence-electron chi connectivity index (χ1n) is 4.26. The molecule has 0 heterocycles. The highest BCUT2D eigenvalue weighted by atomic mass is 35.5. The second-order valence-corrected chi connectivity index (χ2v) is 3.26. The minimum absolute atomic E-state index is 0.0228. The Morgan fingerprint density at radius 2 is 2.20 bits per heavy atom. The van der Waals surface area contributed by atoms with Crippen molar-refractivity contribution < 1.29 is 13.5 Å². The summed E-state index contributed by atoms with van der Waals surface area (Å²) in [6, 6.07) is 4.72. The third-order valence-corrected chi connectivity index (χ3v) is 2.30. The number of hydrogen-bond donors (Lipinski definition) is 0. The lowest BCUT2D eigenvalue weighted by molar-refractivity contribution is -0.0498. The van der Waals surface area contributed by atoms with Crippen LogP contribution >= 0.6 is 11.6 Å². The molecule has 0 fully saturated rings. The van der Waals surface area contributed by atoms with Gasteiger partial charge in [-0.2, -0.15) is 8.78 Å². The fraction of sp³-hybridized carbons (Fsp3) is 0.182. The number of hydrogen-bond acceptors (Lipinski definition) is 1. The molecule has 1 aromatic rings. The van der Waals surface area contributed by atoms with Gasteiger partial charge in [0.25, 0.3) is 0 Å². The van der Waals surface area contributed by atoms with Crippen molar-refractivity contribution in [1.82, 2.24) is 0 Å². The molecule has 0 saturated heterocycles. The molecule has 0 atom stereocenters. The molecule has 0 aliphatic rings. The molecule has 0 amide bonds. The van der Waals surface area contributed by atoms with Crippen LogP contribution in [0.15, 0.2) is 30.9 Å². The van der Waals surface area contributed by atoms with Gasteiger partial charge in [0.05, 0.1) is 5.02 Å². The number of allylic oxidation sites excluding steroid dienone is 1. The van der Waals surface area contributed by atoms with Crippen LogP contribution in [-0.4, -0.2) is 6.61 Å². The van der Waals surface area contributed by atoms with E-state index in [4.69, 9.17) is 11.6 Å². The molecule has 1 nitrogen and oxygen atoms in total. The maximum atomic E-state index is 12.0. The summed E-state index contributed by atoms with van der Waals surface area (Å²) in [7, 11) is 0. The first kappa shape index (κ1) is 12.0. The Labute approximate surface area is 92.3 Å². The number of benzene rings is 1. The van der Waals surface area contributed by atoms with E-state index in [1.54, 1.807) is 25.1 Å². The molecule has 1 rings (SSSR count). The fourth-order valence-electron chi connectivity index (χ4n) is 1.11. The summed E-state index contributed by atoms with van der Waals surface area (Å²) in [5.74, 6) is 0.782. The zero-order valence-corrected chi connectivity index (χ0v) is 8.89. The molecule has 0 aliphatic heterocycles. The average Bonchev–Trinajstić information content (AvgIpc) is 2.19. The zero-order valence-electron chi connectivity index (χ0n) is 8.14. The molecule has 0 saturated carbocycles. The maximum Gasteiger partial charge on any atom is 0.387 e. The van der Waals surface area contributed by atoms with Crippen molar-refractivity contribution in [3.8, 4) is 5.75 Å². The first-order chi connectivity index (χ1) is 7.06. The SMILES string of the molecule is C=C[C](C)c1cccc(OC(F)F)c1Cl. The largest absolute Gasteiger partial charge is 0.433 e. The van der Waals surface area contributed by atoms with Crippen LogP contribution in [0.25, 0.3) is 0 Å². The van der Waals surface area contributed by atoms with Gasteiger partial charge >= 0.3 is 6.61 Å². The second-order valence-electron chi connectivity index (χ2n) is 2.88. The van der Waals surface area contributed by atoms with Gasteiger partial charge in [-0.1, -0.05) is 36.7 Å². The lowest BCUT2D eigenvalue weighted by Crippen LogP contribution is -2.03. The number of rotatable bonds is 4. The van der Waals surface area contributed by atoms with Gasteiger partial charge < -0.3 is 4.74 Å². The van der Waals surface area contributed by atoms with Crippen LogP contribution in [0.2, 0.25) is 5.02 Å². The zero-order chi connectivity index (χ0) is 11.4. The van der Waals surface area contributed by atoms with E-state index in [1.807, 2.05) is 0 Å². The van der Waals surface area contributed by atoms with Crippen LogP contribution < -0.4 is 4.74 Å². The Kier molecular flexibility index (Phi) is 4.09. The van der Waals surface area contributed by atoms with Crippen LogP contribution in [-0.2, 0) is 0 Å². The van der Waals surface area contributed by atoms with Gasteiger partial charge in [0.2, 0.25) is 0 Å². The minimum Gasteiger partial charge on any atom is -0.433 e. The molecule has 4 heteroatoms. The lowest BCUT2D eigenvalue weighted by Gasteiger charge is -2.12. The van der Waals surface area contributed by atoms with Gasteiger partial charge in [-0.15, -0.1) is 6.58 Å². The summed E-state index contributed by atoms with van der Waals surface area (Å²) < 4.78 is 28.3. The van der Waals surface area contributed by atoms with Gasteiger partial charge in [-0.3, -0.25) is 0 Å². The van der Waals surface area contributed by atoms with Crippen molar-refractivity contribution in [2.45, 2.75) is 13.5 Å². The van der Waals surface area contributed by atoms with Crippen molar-refractivity contribution >= 4 is 11.6 Å². The molecule has 0 aliphatic carbocycles. The Morgan fingerprint density at radius 3 is 2.73 bits per heavy atom. The Balaban J connectivity index is 3.05. The monoisotopic (exact) mass is 231 g/mol. The van der Waals surface area contributed by atoms with Crippen molar-refractivity contribution in [3.05, 3.63) is 47.4 Å². The highest BCUT2D eigenvalue weighted by Gasteiger charge is 2.14. The number of halogens is 3. The van der Waals surface area contributed by atoms with Crippen LogP contribution in [0.5, 0.6) is 5.75 Å². The molecule has 0 spiro atoms. The van der Waals surface area contributed by atoms with E-state index in [-0.39, 0.29) is 10.8 Å². The standard InChI is InChI=1S/C11H10ClF2O/c1-3-7(2)8-5-4-6-9(10(8)12)15-11(13)14/h3-6,11H,1H2,2H3. The summed E-state index contributed by atoms with van der Waals surface area (Å²) in [6.07, 6.45) is 1.60. The van der Waals surface area contributed by atoms with E-state index in [2.05, 4.69) is 11.3 Å². The third kappa shape index (κ3) is 2.93. The van der Waals surface area contributed by atoms with E-state index < -0.39 is 6.61 Å². The molecule has 1 aromatic carbocycles. The Bertz CT molecular complexity index is 352. The van der Waals surface area contributed by atoms with Crippen LogP contribution in [0, 0.1) is 5.92 Å². The van der Waals surface area contributed by atoms with E-state index in [9.17, 15) is 8.78 Å². The van der Waals surface area contributed by atoms with Gasteiger partial charge in [0.15, 0.2) is 0 Å². The van der Waals surface area contributed by atoms with E-state index in [0.717, 1.165) is 5.92 Å². The van der Waals surface area contributed by atoms with E-state index in [0.29, 0.717) is 5.56 Å². The predicted molar refractivity (Wildman–Crippen MR) is 56.3 cm³/mol. The van der Waals surface area contributed by atoms with E-state index >= 15 is 0 Å². The van der Waals surface area contributed by atoms with Crippen molar-refractivity contribution in [2.75, 3.05) is 0 Å². The average molecular weight is 232 g/mol.